The molecule has 2 rings (SSSR count). The fourth-order valence-corrected chi connectivity index (χ4v) is 2.54. The second kappa shape index (κ2) is 7.05. The van der Waals surface area contributed by atoms with E-state index in [0.29, 0.717) is 18.3 Å². The molecule has 20 heavy (non-hydrogen) atoms. The van der Waals surface area contributed by atoms with Crippen molar-refractivity contribution in [3.63, 3.8) is 0 Å². The second-order valence-corrected chi connectivity index (χ2v) is 4.95. The number of anilines is 1. The number of carbonyl (C=O) groups excluding carboxylic acids is 2. The fourth-order valence-electron chi connectivity index (χ4n) is 2.54. The molecular weight excluding hydrogens is 254 g/mol. The van der Waals surface area contributed by atoms with E-state index in [1.54, 1.807) is 12.1 Å². The van der Waals surface area contributed by atoms with Gasteiger partial charge in [-0.3, -0.25) is 14.5 Å². The summed E-state index contributed by atoms with van der Waals surface area (Å²) in [6.07, 6.45) is 2.24. The molecule has 1 aromatic rings. The zero-order valence-electron chi connectivity index (χ0n) is 11.8. The Bertz CT molecular complexity index is 461. The van der Waals surface area contributed by atoms with E-state index in [-0.39, 0.29) is 0 Å². The molecule has 2 amide bonds. The quantitative estimate of drug-likeness (QED) is 0.812. The van der Waals surface area contributed by atoms with Crippen LogP contribution in [0.3, 0.4) is 0 Å². The number of benzene rings is 1. The number of likely N-dealkylation sites (N-methyl/N-ethyl adjacent to an activating group) is 1. The summed E-state index contributed by atoms with van der Waals surface area (Å²) >= 11 is 0. The van der Waals surface area contributed by atoms with Gasteiger partial charge in [-0.1, -0.05) is 25.1 Å². The molecule has 0 unspecified atom stereocenters. The van der Waals surface area contributed by atoms with Gasteiger partial charge < -0.3 is 10.6 Å². The molecule has 1 fully saturated rings. The second-order valence-electron chi connectivity index (χ2n) is 4.95. The Morgan fingerprint density at radius 1 is 1.25 bits per heavy atom. The summed E-state index contributed by atoms with van der Waals surface area (Å²) in [6.45, 7) is 4.71. The summed E-state index contributed by atoms with van der Waals surface area (Å²) in [6, 6.07) is 9.33. The van der Waals surface area contributed by atoms with E-state index in [1.807, 2.05) is 18.2 Å². The van der Waals surface area contributed by atoms with Crippen LogP contribution in [0.4, 0.5) is 5.69 Å². The van der Waals surface area contributed by atoms with Gasteiger partial charge in [-0.05, 0) is 38.1 Å². The van der Waals surface area contributed by atoms with E-state index >= 15 is 0 Å². The normalized spacial score (nSPS) is 18.8. The molecule has 1 heterocycles. The number of hydrogen-bond acceptors (Lipinski definition) is 3. The molecule has 1 aromatic carbocycles. The van der Waals surface area contributed by atoms with Crippen molar-refractivity contribution in [1.82, 2.24) is 10.2 Å². The largest absolute Gasteiger partial charge is 0.346 e. The van der Waals surface area contributed by atoms with Gasteiger partial charge in [0, 0.05) is 18.3 Å². The average molecular weight is 275 g/mol. The first-order chi connectivity index (χ1) is 9.70. The lowest BCUT2D eigenvalue weighted by Gasteiger charge is -2.22. The molecule has 5 heteroatoms. The van der Waals surface area contributed by atoms with Gasteiger partial charge in [0.2, 0.25) is 0 Å². The predicted molar refractivity (Wildman–Crippen MR) is 78.4 cm³/mol. The zero-order valence-corrected chi connectivity index (χ0v) is 11.8. The van der Waals surface area contributed by atoms with Crippen LogP contribution in [0.2, 0.25) is 0 Å². The number of likely N-dealkylation sites (tertiary alicyclic amines) is 1. The summed E-state index contributed by atoms with van der Waals surface area (Å²) in [5, 5.41) is 5.29. The van der Waals surface area contributed by atoms with Gasteiger partial charge in [-0.15, -0.1) is 0 Å². The Morgan fingerprint density at radius 2 is 2.00 bits per heavy atom. The van der Waals surface area contributed by atoms with Crippen LogP contribution in [-0.2, 0) is 9.59 Å². The average Bonchev–Trinajstić information content (AvgIpc) is 2.93. The first kappa shape index (κ1) is 14.5. The molecule has 2 N–H and O–H groups in total. The highest BCUT2D eigenvalue weighted by atomic mass is 16.2. The third-order valence-corrected chi connectivity index (χ3v) is 3.64. The van der Waals surface area contributed by atoms with Gasteiger partial charge in [0.25, 0.3) is 0 Å². The smallest absolute Gasteiger partial charge is 0.313 e. The number of hydrogen-bond donors (Lipinski definition) is 2. The highest BCUT2D eigenvalue weighted by molar-refractivity contribution is 6.39. The van der Waals surface area contributed by atoms with Crippen LogP contribution in [0, 0.1) is 0 Å². The highest BCUT2D eigenvalue weighted by Crippen LogP contribution is 2.15. The van der Waals surface area contributed by atoms with Crippen molar-refractivity contribution in [3.8, 4) is 0 Å². The van der Waals surface area contributed by atoms with Gasteiger partial charge in [0.1, 0.15) is 0 Å². The molecule has 0 bridgehead atoms. The van der Waals surface area contributed by atoms with E-state index in [1.165, 1.54) is 0 Å². The third kappa shape index (κ3) is 3.81. The van der Waals surface area contributed by atoms with E-state index in [2.05, 4.69) is 22.5 Å². The molecule has 0 aromatic heterocycles. The maximum absolute atomic E-state index is 11.8. The molecule has 108 valence electrons. The Labute approximate surface area is 119 Å². The molecule has 1 atom stereocenters. The van der Waals surface area contributed by atoms with E-state index < -0.39 is 11.8 Å². The number of rotatable bonds is 4. The molecule has 0 radical (unpaired) electrons. The van der Waals surface area contributed by atoms with Crippen molar-refractivity contribution in [2.75, 3.05) is 25.0 Å². The van der Waals surface area contributed by atoms with Crippen molar-refractivity contribution >= 4 is 17.5 Å². The van der Waals surface area contributed by atoms with E-state index in [9.17, 15) is 9.59 Å². The van der Waals surface area contributed by atoms with Gasteiger partial charge in [0.05, 0.1) is 0 Å². The highest BCUT2D eigenvalue weighted by Gasteiger charge is 2.24. The monoisotopic (exact) mass is 275 g/mol. The van der Waals surface area contributed by atoms with Gasteiger partial charge in [-0.2, -0.15) is 0 Å². The van der Waals surface area contributed by atoms with Crippen molar-refractivity contribution in [2.45, 2.75) is 25.8 Å². The molecule has 1 saturated heterocycles. The maximum Gasteiger partial charge on any atom is 0.313 e. The van der Waals surface area contributed by atoms with Crippen molar-refractivity contribution in [3.05, 3.63) is 30.3 Å². The summed E-state index contributed by atoms with van der Waals surface area (Å²) in [5.74, 6) is -1.19. The minimum atomic E-state index is -0.614. The summed E-state index contributed by atoms with van der Waals surface area (Å²) < 4.78 is 0. The number of para-hydroxylation sites is 1. The number of carbonyl (C=O) groups is 2. The number of nitrogens with zero attached hydrogens (tertiary/aromatic N) is 1. The van der Waals surface area contributed by atoms with Crippen LogP contribution in [0.5, 0.6) is 0 Å². The topological polar surface area (TPSA) is 61.4 Å². The van der Waals surface area contributed by atoms with Crippen LogP contribution < -0.4 is 10.6 Å². The van der Waals surface area contributed by atoms with Gasteiger partial charge in [-0.25, -0.2) is 0 Å². The predicted octanol–water partition coefficient (Wildman–Crippen LogP) is 1.23. The van der Waals surface area contributed by atoms with Crippen LogP contribution in [0.15, 0.2) is 30.3 Å². The lowest BCUT2D eigenvalue weighted by atomic mass is 10.2. The summed E-state index contributed by atoms with van der Waals surface area (Å²) in [7, 11) is 0. The SMILES string of the molecule is CCN1CCC[C@H]1CNC(=O)C(=O)Nc1ccccc1. The van der Waals surface area contributed by atoms with Crippen molar-refractivity contribution in [1.29, 1.82) is 0 Å². The number of amides is 2. The summed E-state index contributed by atoms with van der Waals surface area (Å²) in [4.78, 5) is 25.8. The maximum atomic E-state index is 11.8. The van der Waals surface area contributed by atoms with Crippen LogP contribution >= 0.6 is 0 Å². The molecule has 1 aliphatic rings. The first-order valence-electron chi connectivity index (χ1n) is 7.09. The molecule has 1 aliphatic heterocycles. The molecule has 0 aliphatic carbocycles. The zero-order chi connectivity index (χ0) is 14.4. The number of nitrogens with one attached hydrogen (secondary N) is 2. The van der Waals surface area contributed by atoms with Crippen LogP contribution in [-0.4, -0.2) is 42.4 Å². The van der Waals surface area contributed by atoms with Crippen molar-refractivity contribution in [2.24, 2.45) is 0 Å². The van der Waals surface area contributed by atoms with Crippen LogP contribution in [0.25, 0.3) is 0 Å². The fraction of sp³-hybridized carbons (Fsp3) is 0.467. The molecular formula is C15H21N3O2. The molecule has 5 nitrogen and oxygen atoms in total. The van der Waals surface area contributed by atoms with Crippen molar-refractivity contribution < 1.29 is 9.59 Å². The minimum Gasteiger partial charge on any atom is -0.346 e. The van der Waals surface area contributed by atoms with Gasteiger partial charge in [0.15, 0.2) is 0 Å². The Hall–Kier alpha value is -1.88. The lowest BCUT2D eigenvalue weighted by molar-refractivity contribution is -0.136. The van der Waals surface area contributed by atoms with E-state index in [4.69, 9.17) is 0 Å². The van der Waals surface area contributed by atoms with E-state index in [0.717, 1.165) is 25.9 Å². The standard InChI is InChI=1S/C15H21N3O2/c1-2-18-10-6-9-13(18)11-16-14(19)15(20)17-12-7-4-3-5-8-12/h3-5,7-8,13H,2,6,9-11H2,1H3,(H,16,19)(H,17,20)/t13-/m0/s1. The minimum absolute atomic E-state index is 0.355. The Morgan fingerprint density at radius 3 is 2.70 bits per heavy atom. The molecule has 0 saturated carbocycles. The van der Waals surface area contributed by atoms with Crippen LogP contribution in [0.1, 0.15) is 19.8 Å². The summed E-state index contributed by atoms with van der Waals surface area (Å²) in [5.41, 5.74) is 0.628. The third-order valence-electron chi connectivity index (χ3n) is 3.64. The Kier molecular flexibility index (Phi) is 5.12. The Balaban J connectivity index is 1.78. The lowest BCUT2D eigenvalue weighted by Crippen LogP contribution is -2.43. The first-order valence-corrected chi connectivity index (χ1v) is 7.09. The van der Waals surface area contributed by atoms with Gasteiger partial charge >= 0.3 is 11.8 Å². The molecule has 0 spiro atoms.